The molecule has 0 aliphatic heterocycles. The van der Waals surface area contributed by atoms with Crippen LogP contribution in [0.15, 0.2) is 35.5 Å². The maximum Gasteiger partial charge on any atom is 0.272 e. The Morgan fingerprint density at radius 2 is 1.70 bits per heavy atom. The van der Waals surface area contributed by atoms with Crippen molar-refractivity contribution in [3.05, 3.63) is 30.3 Å². The van der Waals surface area contributed by atoms with E-state index < -0.39 is 19.6 Å². The van der Waals surface area contributed by atoms with E-state index in [4.69, 9.17) is 4.43 Å². The molecule has 1 aromatic heterocycles. The van der Waals surface area contributed by atoms with Crippen LogP contribution in [0.2, 0.25) is 5.04 Å². The molecule has 0 N–H and O–H groups in total. The van der Waals surface area contributed by atoms with Gasteiger partial charge in [0.2, 0.25) is 9.84 Å². The Balaban J connectivity index is 1.62. The zero-order valence-electron chi connectivity index (χ0n) is 18.7. The largest absolute Gasteiger partial charge is 0.418 e. The standard InChI is InChI=1S/C21H34N4O3SSi/c1-20(2,3)30-28-21(4,5)17-13-11-16(12-14-17)15-29(26,27)19-22-23-24-25(19)18-9-7-6-8-10-18/h6-10,16-17H,11-15,30H2,1-5H3. The topological polar surface area (TPSA) is 87.0 Å². The van der Waals surface area contributed by atoms with Gasteiger partial charge in [0.05, 0.1) is 17.0 Å². The van der Waals surface area contributed by atoms with Gasteiger partial charge >= 0.3 is 0 Å². The minimum atomic E-state index is -3.58. The van der Waals surface area contributed by atoms with Crippen LogP contribution in [0.1, 0.15) is 60.3 Å². The van der Waals surface area contributed by atoms with Crippen LogP contribution in [0.4, 0.5) is 0 Å². The lowest BCUT2D eigenvalue weighted by molar-refractivity contribution is 0.0185. The van der Waals surface area contributed by atoms with E-state index in [1.807, 2.05) is 18.2 Å². The third-order valence-electron chi connectivity index (χ3n) is 5.88. The quantitative estimate of drug-likeness (QED) is 0.601. The maximum absolute atomic E-state index is 13.1. The van der Waals surface area contributed by atoms with Crippen molar-refractivity contribution in [1.29, 1.82) is 0 Å². The van der Waals surface area contributed by atoms with Crippen LogP contribution in [0.5, 0.6) is 0 Å². The van der Waals surface area contributed by atoms with E-state index in [1.54, 1.807) is 12.1 Å². The minimum Gasteiger partial charge on any atom is -0.418 e. The summed E-state index contributed by atoms with van der Waals surface area (Å²) in [5.41, 5.74) is 0.507. The molecule has 0 spiro atoms. The highest BCUT2D eigenvalue weighted by molar-refractivity contribution is 7.91. The smallest absolute Gasteiger partial charge is 0.272 e. The van der Waals surface area contributed by atoms with Crippen LogP contribution >= 0.6 is 0 Å². The molecule has 3 rings (SSSR count). The van der Waals surface area contributed by atoms with E-state index >= 15 is 0 Å². The summed E-state index contributed by atoms with van der Waals surface area (Å²) >= 11 is 0. The molecule has 0 bridgehead atoms. The number of hydrogen-bond acceptors (Lipinski definition) is 6. The molecule has 7 nitrogen and oxygen atoms in total. The summed E-state index contributed by atoms with van der Waals surface area (Å²) in [7, 11) is -4.20. The lowest BCUT2D eigenvalue weighted by atomic mass is 9.75. The molecule has 9 heteroatoms. The van der Waals surface area contributed by atoms with Crippen molar-refractivity contribution in [2.24, 2.45) is 11.8 Å². The average Bonchev–Trinajstić information content (AvgIpc) is 3.18. The van der Waals surface area contributed by atoms with Gasteiger partial charge < -0.3 is 4.43 Å². The Bertz CT molecular complexity index is 931. The molecule has 0 amide bonds. The zero-order valence-corrected chi connectivity index (χ0v) is 20.9. The van der Waals surface area contributed by atoms with Crippen molar-refractivity contribution in [1.82, 2.24) is 20.2 Å². The molecule has 0 atom stereocenters. The number of tetrazole rings is 1. The molecule has 0 saturated heterocycles. The Kier molecular flexibility index (Phi) is 6.83. The van der Waals surface area contributed by atoms with E-state index in [0.29, 0.717) is 11.6 Å². The molecule has 0 radical (unpaired) electrons. The van der Waals surface area contributed by atoms with Crippen molar-refractivity contribution in [3.63, 3.8) is 0 Å². The van der Waals surface area contributed by atoms with Gasteiger partial charge in [0, 0.05) is 0 Å². The summed E-state index contributed by atoms with van der Waals surface area (Å²) in [6, 6.07) is 9.13. The molecule has 1 heterocycles. The summed E-state index contributed by atoms with van der Waals surface area (Å²) in [6.45, 7) is 11.1. The molecule has 1 saturated carbocycles. The first-order chi connectivity index (χ1) is 14.0. The van der Waals surface area contributed by atoms with Crippen LogP contribution in [0.3, 0.4) is 0 Å². The SMILES string of the molecule is CC(C)(C)[SiH2]OC(C)(C)C1CCC(CS(=O)(=O)c2nnnn2-c2ccccc2)CC1. The Labute approximate surface area is 182 Å². The molecule has 1 aromatic carbocycles. The van der Waals surface area contributed by atoms with Crippen LogP contribution in [0, 0.1) is 11.8 Å². The first-order valence-corrected chi connectivity index (χ1v) is 13.6. The zero-order chi connectivity index (χ0) is 22.0. The van der Waals surface area contributed by atoms with E-state index in [-0.39, 0.29) is 27.5 Å². The van der Waals surface area contributed by atoms with Crippen molar-refractivity contribution in [3.8, 4) is 5.69 Å². The average molecular weight is 451 g/mol. The van der Waals surface area contributed by atoms with Crippen molar-refractivity contribution in [2.45, 2.75) is 76.1 Å². The Morgan fingerprint density at radius 1 is 1.07 bits per heavy atom. The Hall–Kier alpha value is -1.58. The lowest BCUT2D eigenvalue weighted by Gasteiger charge is -2.40. The fourth-order valence-corrected chi connectivity index (χ4v) is 6.74. The number of para-hydroxylation sites is 1. The molecule has 1 aliphatic rings. The van der Waals surface area contributed by atoms with Gasteiger partial charge in [-0.3, -0.25) is 0 Å². The number of nitrogens with zero attached hydrogens (tertiary/aromatic N) is 4. The summed E-state index contributed by atoms with van der Waals surface area (Å²) in [5.74, 6) is 0.689. The summed E-state index contributed by atoms with van der Waals surface area (Å²) in [5, 5.41) is 11.5. The molecule has 0 unspecified atom stereocenters. The van der Waals surface area contributed by atoms with Crippen LogP contribution in [0.25, 0.3) is 5.69 Å². The van der Waals surface area contributed by atoms with Gasteiger partial charge in [-0.05, 0) is 79.0 Å². The monoisotopic (exact) mass is 450 g/mol. The predicted molar refractivity (Wildman–Crippen MR) is 120 cm³/mol. The molecular weight excluding hydrogens is 416 g/mol. The van der Waals surface area contributed by atoms with E-state index in [2.05, 4.69) is 50.1 Å². The lowest BCUT2D eigenvalue weighted by Crippen LogP contribution is -2.40. The van der Waals surface area contributed by atoms with Crippen molar-refractivity contribution < 1.29 is 12.8 Å². The van der Waals surface area contributed by atoms with Crippen molar-refractivity contribution >= 4 is 19.6 Å². The third-order valence-corrected chi connectivity index (χ3v) is 9.36. The fourth-order valence-electron chi connectivity index (χ4n) is 4.03. The number of hydrogen-bond donors (Lipinski definition) is 0. The van der Waals surface area contributed by atoms with Gasteiger partial charge in [-0.25, -0.2) is 8.42 Å². The molecule has 30 heavy (non-hydrogen) atoms. The number of rotatable bonds is 7. The highest BCUT2D eigenvalue weighted by Crippen LogP contribution is 2.39. The van der Waals surface area contributed by atoms with Gasteiger partial charge in [0.25, 0.3) is 5.16 Å². The number of sulfone groups is 1. The third kappa shape index (κ3) is 5.76. The summed E-state index contributed by atoms with van der Waals surface area (Å²) < 4.78 is 33.8. The fraction of sp³-hybridized carbons (Fsp3) is 0.667. The van der Waals surface area contributed by atoms with Gasteiger partial charge in [-0.1, -0.05) is 44.1 Å². The number of aromatic nitrogens is 4. The van der Waals surface area contributed by atoms with Gasteiger partial charge in [0.1, 0.15) is 0 Å². The maximum atomic E-state index is 13.1. The minimum absolute atomic E-state index is 0.0735. The van der Waals surface area contributed by atoms with Crippen LogP contribution in [-0.2, 0) is 14.3 Å². The first-order valence-electron chi connectivity index (χ1n) is 10.7. The van der Waals surface area contributed by atoms with Gasteiger partial charge in [0.15, 0.2) is 9.76 Å². The molecule has 1 aliphatic carbocycles. The second kappa shape index (κ2) is 8.88. The van der Waals surface area contributed by atoms with E-state index in [9.17, 15) is 8.42 Å². The molecule has 1 fully saturated rings. The second-order valence-electron chi connectivity index (χ2n) is 10.2. The normalized spacial score (nSPS) is 21.4. The van der Waals surface area contributed by atoms with Gasteiger partial charge in [-0.15, -0.1) is 0 Å². The molecule has 166 valence electrons. The van der Waals surface area contributed by atoms with Gasteiger partial charge in [-0.2, -0.15) is 4.68 Å². The highest BCUT2D eigenvalue weighted by Gasteiger charge is 2.36. The predicted octanol–water partition coefficient (Wildman–Crippen LogP) is 3.34. The van der Waals surface area contributed by atoms with Crippen LogP contribution in [-0.4, -0.2) is 49.7 Å². The number of benzene rings is 1. The molecular formula is C21H34N4O3SSi. The van der Waals surface area contributed by atoms with Crippen LogP contribution < -0.4 is 0 Å². The summed E-state index contributed by atoms with van der Waals surface area (Å²) in [6.07, 6.45) is 3.77. The first kappa shape index (κ1) is 23.1. The second-order valence-corrected chi connectivity index (χ2v) is 14.8. The van der Waals surface area contributed by atoms with E-state index in [0.717, 1.165) is 25.7 Å². The highest BCUT2D eigenvalue weighted by atomic mass is 32.2. The summed E-state index contributed by atoms with van der Waals surface area (Å²) in [4.78, 5) is 0. The van der Waals surface area contributed by atoms with Crippen molar-refractivity contribution in [2.75, 3.05) is 5.75 Å². The Morgan fingerprint density at radius 3 is 2.30 bits per heavy atom. The molecule has 2 aromatic rings. The van der Waals surface area contributed by atoms with E-state index in [1.165, 1.54) is 4.68 Å².